The summed E-state index contributed by atoms with van der Waals surface area (Å²) in [5, 5.41) is 0. The van der Waals surface area contributed by atoms with Crippen LogP contribution in [0, 0.1) is 0 Å². The van der Waals surface area contributed by atoms with Crippen LogP contribution in [0.1, 0.15) is 40.0 Å². The third-order valence-electron chi connectivity index (χ3n) is 1.47. The molecule has 0 aliphatic carbocycles. The zero-order valence-corrected chi connectivity index (χ0v) is 8.17. The van der Waals surface area contributed by atoms with Crippen molar-refractivity contribution in [3.05, 3.63) is 12.2 Å². The van der Waals surface area contributed by atoms with Gasteiger partial charge in [-0.25, -0.2) is 0 Å². The summed E-state index contributed by atoms with van der Waals surface area (Å²) in [5.41, 5.74) is 0. The van der Waals surface area contributed by atoms with Crippen molar-refractivity contribution in [2.45, 2.75) is 46.1 Å². The molecule has 0 aromatic heterocycles. The van der Waals surface area contributed by atoms with Crippen molar-refractivity contribution in [1.82, 2.24) is 0 Å². The molecule has 2 heteroatoms. The average Bonchev–Trinajstić information content (AvgIpc) is 2.05. The first-order chi connectivity index (χ1) is 5.70. The van der Waals surface area contributed by atoms with Gasteiger partial charge in [0.1, 0.15) is 6.10 Å². The lowest BCUT2D eigenvalue weighted by Gasteiger charge is -2.06. The number of carbonyl (C=O) groups excluding carboxylic acids is 1. The van der Waals surface area contributed by atoms with Gasteiger partial charge in [-0.05, 0) is 19.4 Å². The molecule has 0 unspecified atom stereocenters. The van der Waals surface area contributed by atoms with Crippen molar-refractivity contribution in [2.24, 2.45) is 0 Å². The van der Waals surface area contributed by atoms with E-state index in [1.807, 2.05) is 19.1 Å². The predicted molar refractivity (Wildman–Crippen MR) is 49.9 cm³/mol. The summed E-state index contributed by atoms with van der Waals surface area (Å²) in [6.07, 6.45) is 6.53. The van der Waals surface area contributed by atoms with Crippen LogP contribution >= 0.6 is 0 Å². The normalized spacial score (nSPS) is 13.2. The number of carbonyl (C=O) groups is 1. The maximum Gasteiger partial charge on any atom is 0.306 e. The van der Waals surface area contributed by atoms with Crippen molar-refractivity contribution in [3.8, 4) is 0 Å². The predicted octanol–water partition coefficient (Wildman–Crippen LogP) is 2.68. The van der Waals surface area contributed by atoms with Crippen molar-refractivity contribution >= 4 is 5.97 Å². The SMILES string of the molecule is CCC/C=C/[C@H](C)OC(=O)CC. The van der Waals surface area contributed by atoms with Crippen LogP contribution in [0.2, 0.25) is 0 Å². The van der Waals surface area contributed by atoms with Crippen LogP contribution < -0.4 is 0 Å². The molecule has 0 saturated carbocycles. The molecule has 0 spiro atoms. The standard InChI is InChI=1S/C10H18O2/c1-4-6-7-8-9(3)12-10(11)5-2/h7-9H,4-6H2,1-3H3/b8-7+/t9-/m0/s1. The zero-order chi connectivity index (χ0) is 9.40. The molecule has 0 aromatic rings. The smallest absolute Gasteiger partial charge is 0.306 e. The highest BCUT2D eigenvalue weighted by Gasteiger charge is 2.02. The first kappa shape index (κ1) is 11.2. The van der Waals surface area contributed by atoms with Crippen molar-refractivity contribution in [1.29, 1.82) is 0 Å². The molecule has 1 atom stereocenters. The first-order valence-corrected chi connectivity index (χ1v) is 4.56. The third kappa shape index (κ3) is 5.96. The molecule has 0 bridgehead atoms. The van der Waals surface area contributed by atoms with E-state index in [1.165, 1.54) is 0 Å². The second-order valence-corrected chi connectivity index (χ2v) is 2.77. The Labute approximate surface area is 74.6 Å². The van der Waals surface area contributed by atoms with Crippen molar-refractivity contribution in [3.63, 3.8) is 0 Å². The second kappa shape index (κ2) is 6.89. The zero-order valence-electron chi connectivity index (χ0n) is 8.17. The third-order valence-corrected chi connectivity index (χ3v) is 1.47. The maximum atomic E-state index is 10.8. The molecule has 0 fully saturated rings. The van der Waals surface area contributed by atoms with Crippen LogP contribution in [0.5, 0.6) is 0 Å². The Morgan fingerprint density at radius 3 is 2.67 bits per heavy atom. The van der Waals surface area contributed by atoms with E-state index in [2.05, 4.69) is 6.92 Å². The second-order valence-electron chi connectivity index (χ2n) is 2.77. The van der Waals surface area contributed by atoms with Gasteiger partial charge >= 0.3 is 5.97 Å². The minimum absolute atomic E-state index is 0.0796. The molecule has 0 aliphatic heterocycles. The van der Waals surface area contributed by atoms with Gasteiger partial charge in [0, 0.05) is 6.42 Å². The minimum atomic E-state index is -0.136. The van der Waals surface area contributed by atoms with Gasteiger partial charge in [-0.3, -0.25) is 4.79 Å². The largest absolute Gasteiger partial charge is 0.458 e. The van der Waals surface area contributed by atoms with Crippen LogP contribution in [0.3, 0.4) is 0 Å². The van der Waals surface area contributed by atoms with Gasteiger partial charge in [0.2, 0.25) is 0 Å². The summed E-state index contributed by atoms with van der Waals surface area (Å²) in [6.45, 7) is 5.79. The van der Waals surface area contributed by atoms with Gasteiger partial charge in [0.15, 0.2) is 0 Å². The maximum absolute atomic E-state index is 10.8. The highest BCUT2D eigenvalue weighted by Crippen LogP contribution is 1.98. The molecule has 0 aliphatic rings. The van der Waals surface area contributed by atoms with E-state index < -0.39 is 0 Å². The van der Waals surface area contributed by atoms with Crippen LogP contribution in [0.15, 0.2) is 12.2 Å². The van der Waals surface area contributed by atoms with Crippen molar-refractivity contribution in [2.75, 3.05) is 0 Å². The number of hydrogen-bond donors (Lipinski definition) is 0. The van der Waals surface area contributed by atoms with Gasteiger partial charge < -0.3 is 4.74 Å². The number of allylic oxidation sites excluding steroid dienone is 1. The van der Waals surface area contributed by atoms with E-state index in [4.69, 9.17) is 4.74 Å². The van der Waals surface area contributed by atoms with Gasteiger partial charge in [-0.15, -0.1) is 0 Å². The Hall–Kier alpha value is -0.790. The number of esters is 1. The number of rotatable bonds is 5. The van der Waals surface area contributed by atoms with E-state index in [-0.39, 0.29) is 12.1 Å². The number of hydrogen-bond acceptors (Lipinski definition) is 2. The summed E-state index contributed by atoms with van der Waals surface area (Å²) in [7, 11) is 0. The van der Waals surface area contributed by atoms with Crippen LogP contribution in [0.25, 0.3) is 0 Å². The van der Waals surface area contributed by atoms with Gasteiger partial charge in [-0.1, -0.05) is 26.3 Å². The van der Waals surface area contributed by atoms with Gasteiger partial charge in [0.05, 0.1) is 0 Å². The highest BCUT2D eigenvalue weighted by molar-refractivity contribution is 5.69. The van der Waals surface area contributed by atoms with Crippen LogP contribution in [0.4, 0.5) is 0 Å². The topological polar surface area (TPSA) is 26.3 Å². The molecule has 0 radical (unpaired) electrons. The molecule has 0 amide bonds. The molecule has 0 saturated heterocycles. The molecule has 2 nitrogen and oxygen atoms in total. The number of unbranched alkanes of at least 4 members (excludes halogenated alkanes) is 1. The Kier molecular flexibility index (Phi) is 6.44. The van der Waals surface area contributed by atoms with E-state index >= 15 is 0 Å². The summed E-state index contributed by atoms with van der Waals surface area (Å²) < 4.78 is 5.02. The van der Waals surface area contributed by atoms with E-state index in [0.29, 0.717) is 6.42 Å². The minimum Gasteiger partial charge on any atom is -0.458 e. The molecular weight excluding hydrogens is 152 g/mol. The summed E-state index contributed by atoms with van der Waals surface area (Å²) in [5.74, 6) is -0.136. The first-order valence-electron chi connectivity index (χ1n) is 4.56. The summed E-state index contributed by atoms with van der Waals surface area (Å²) >= 11 is 0. The fraction of sp³-hybridized carbons (Fsp3) is 0.700. The lowest BCUT2D eigenvalue weighted by Crippen LogP contribution is -2.11. The van der Waals surface area contributed by atoms with Gasteiger partial charge in [0.25, 0.3) is 0 Å². The van der Waals surface area contributed by atoms with E-state index in [9.17, 15) is 4.79 Å². The van der Waals surface area contributed by atoms with Crippen molar-refractivity contribution < 1.29 is 9.53 Å². The molecule has 0 rings (SSSR count). The Bertz CT molecular complexity index is 150. The van der Waals surface area contributed by atoms with E-state index in [0.717, 1.165) is 12.8 Å². The Morgan fingerprint density at radius 1 is 1.50 bits per heavy atom. The Morgan fingerprint density at radius 2 is 2.17 bits per heavy atom. The summed E-state index contributed by atoms with van der Waals surface area (Å²) in [4.78, 5) is 10.8. The molecule has 12 heavy (non-hydrogen) atoms. The fourth-order valence-electron chi connectivity index (χ4n) is 0.784. The summed E-state index contributed by atoms with van der Waals surface area (Å²) in [6, 6.07) is 0. The Balaban J connectivity index is 3.58. The molecule has 70 valence electrons. The average molecular weight is 170 g/mol. The number of ether oxygens (including phenoxy) is 1. The quantitative estimate of drug-likeness (QED) is 0.468. The molecule has 0 N–H and O–H groups in total. The van der Waals surface area contributed by atoms with Gasteiger partial charge in [-0.2, -0.15) is 0 Å². The monoisotopic (exact) mass is 170 g/mol. The molecule has 0 heterocycles. The molecule has 0 aromatic carbocycles. The highest BCUT2D eigenvalue weighted by atomic mass is 16.5. The lowest BCUT2D eigenvalue weighted by molar-refractivity contribution is -0.145. The van der Waals surface area contributed by atoms with Crippen LogP contribution in [-0.4, -0.2) is 12.1 Å². The van der Waals surface area contributed by atoms with E-state index in [1.54, 1.807) is 6.92 Å². The molecular formula is C10H18O2. The van der Waals surface area contributed by atoms with Crippen LogP contribution in [-0.2, 0) is 9.53 Å². The lowest BCUT2D eigenvalue weighted by atomic mass is 10.3. The fourth-order valence-corrected chi connectivity index (χ4v) is 0.784.